The topological polar surface area (TPSA) is 221 Å². The normalized spacial score (nSPS) is 18.6. The van der Waals surface area contributed by atoms with Crippen LogP contribution in [0.3, 0.4) is 0 Å². The van der Waals surface area contributed by atoms with Crippen LogP contribution in [-0.4, -0.2) is 184 Å². The van der Waals surface area contributed by atoms with Crippen molar-refractivity contribution in [2.45, 2.75) is 69.6 Å². The molecule has 0 aromatic heterocycles. The Labute approximate surface area is 293 Å². The highest BCUT2D eigenvalue weighted by atomic mass is 16.5. The lowest BCUT2D eigenvalue weighted by Crippen LogP contribution is -2.57. The highest BCUT2D eigenvalue weighted by Crippen LogP contribution is 2.18. The highest BCUT2D eigenvalue weighted by Gasteiger charge is 2.34. The third kappa shape index (κ3) is 13.7. The zero-order valence-electron chi connectivity index (χ0n) is 29.3. The molecule has 1 heterocycles. The first kappa shape index (κ1) is 42.8. The molecule has 1 aromatic rings. The Balaban J connectivity index is 2.31. The summed E-state index contributed by atoms with van der Waals surface area (Å²) in [6, 6.07) is 3.10. The Hall–Kier alpha value is -3.38. The van der Waals surface area contributed by atoms with Crippen molar-refractivity contribution in [3.8, 4) is 5.75 Å². The number of carboxylic acids is 3. The maximum Gasteiger partial charge on any atom is 0.325 e. The van der Waals surface area contributed by atoms with E-state index in [0.717, 1.165) is 37.0 Å². The van der Waals surface area contributed by atoms with Gasteiger partial charge in [-0.3, -0.25) is 38.8 Å². The summed E-state index contributed by atoms with van der Waals surface area (Å²) in [6.07, 6.45) is 4.35. The molecule has 1 aliphatic rings. The van der Waals surface area contributed by atoms with Gasteiger partial charge in [-0.15, -0.1) is 0 Å². The lowest BCUT2D eigenvalue weighted by molar-refractivity contribution is -0.151. The van der Waals surface area contributed by atoms with Crippen molar-refractivity contribution in [2.24, 2.45) is 0 Å². The first-order valence-corrected chi connectivity index (χ1v) is 17.3. The molecule has 1 saturated heterocycles. The van der Waals surface area contributed by atoms with E-state index in [1.807, 2.05) is 24.3 Å². The average Bonchev–Trinajstić information content (AvgIpc) is 3.08. The number of aliphatic carboxylic acids is 3. The van der Waals surface area contributed by atoms with Gasteiger partial charge in [0.2, 0.25) is 0 Å². The summed E-state index contributed by atoms with van der Waals surface area (Å²) >= 11 is 0. The fourth-order valence-corrected chi connectivity index (χ4v) is 6.11. The Morgan fingerprint density at radius 2 is 1.06 bits per heavy atom. The number of ether oxygens (including phenoxy) is 2. The van der Waals surface area contributed by atoms with Crippen LogP contribution >= 0.6 is 0 Å². The van der Waals surface area contributed by atoms with E-state index in [1.165, 1.54) is 16.9 Å². The van der Waals surface area contributed by atoms with Crippen molar-refractivity contribution in [3.05, 3.63) is 29.8 Å². The molecule has 16 nitrogen and oxygen atoms in total. The average molecular weight is 713 g/mol. The molecule has 2 rings (SSSR count). The van der Waals surface area contributed by atoms with Gasteiger partial charge in [0, 0.05) is 52.4 Å². The Morgan fingerprint density at radius 3 is 1.44 bits per heavy atom. The minimum absolute atomic E-state index is 0.00390. The van der Waals surface area contributed by atoms with Gasteiger partial charge in [0.1, 0.15) is 29.9 Å². The van der Waals surface area contributed by atoms with Crippen molar-refractivity contribution in [2.75, 3.05) is 85.9 Å². The Bertz CT molecular complexity index is 1170. The minimum atomic E-state index is -1.34. The number of aliphatic hydroxyl groups is 3. The molecule has 0 radical (unpaired) electrons. The van der Waals surface area contributed by atoms with E-state index >= 15 is 0 Å². The van der Waals surface area contributed by atoms with Gasteiger partial charge in [0.25, 0.3) is 0 Å². The van der Waals surface area contributed by atoms with Gasteiger partial charge in [-0.1, -0.05) is 31.9 Å². The molecule has 0 spiro atoms. The van der Waals surface area contributed by atoms with E-state index in [4.69, 9.17) is 9.47 Å². The van der Waals surface area contributed by atoms with Crippen LogP contribution in [-0.2, 0) is 30.3 Å². The first-order valence-electron chi connectivity index (χ1n) is 17.3. The fraction of sp³-hybridized carbons (Fsp3) is 0.706. The number of methoxy groups -OCH3 is 1. The van der Waals surface area contributed by atoms with Gasteiger partial charge in [-0.25, -0.2) is 0 Å². The van der Waals surface area contributed by atoms with Crippen LogP contribution in [0.4, 0.5) is 0 Å². The number of carbonyl (C=O) groups excluding carboxylic acids is 1. The number of benzene rings is 1. The third-order valence-electron chi connectivity index (χ3n) is 9.19. The molecular formula is C34H56N4O12. The standard InChI is InChI=1S/C34H56N4O12/c1-3-4-21-50-26-11-9-25(10-12-26)7-5-6-8-27(31(42)43)35-13-15-36(28(22-39)32(44)45)16-17-37(29(23-40)33(46)47)18-20-38(19-14-35)30(24-41)34(48)49-2/h9-12,27-30,39-41H,3-8,13-24H2,1-2H3,(H,42,43)(H,44,45)(H,46,47)/t27-,28-,29-,30-/m0/s1. The predicted octanol–water partition coefficient (Wildman–Crippen LogP) is -0.322. The minimum Gasteiger partial charge on any atom is -0.494 e. The molecule has 1 aromatic carbocycles. The van der Waals surface area contributed by atoms with E-state index in [1.54, 1.807) is 9.80 Å². The Morgan fingerprint density at radius 1 is 0.640 bits per heavy atom. The van der Waals surface area contributed by atoms with Crippen LogP contribution in [0, 0.1) is 0 Å². The van der Waals surface area contributed by atoms with Crippen LogP contribution in [0.15, 0.2) is 24.3 Å². The Kier molecular flexibility index (Phi) is 19.8. The summed E-state index contributed by atoms with van der Waals surface area (Å²) in [6.45, 7) is 1.01. The van der Waals surface area contributed by atoms with Crippen LogP contribution in [0.1, 0.15) is 44.6 Å². The molecule has 50 heavy (non-hydrogen) atoms. The molecule has 0 unspecified atom stereocenters. The summed E-state index contributed by atoms with van der Waals surface area (Å²) in [5.41, 5.74) is 1.10. The van der Waals surface area contributed by atoms with E-state index in [0.29, 0.717) is 19.4 Å². The van der Waals surface area contributed by atoms with Gasteiger partial charge in [0.05, 0.1) is 33.5 Å². The van der Waals surface area contributed by atoms with Crippen molar-refractivity contribution in [1.82, 2.24) is 19.6 Å². The molecule has 0 bridgehead atoms. The lowest BCUT2D eigenvalue weighted by atomic mass is 10.0. The van der Waals surface area contributed by atoms with Gasteiger partial charge in [-0.2, -0.15) is 0 Å². The number of esters is 1. The second-order valence-corrected chi connectivity index (χ2v) is 12.4. The van der Waals surface area contributed by atoms with Crippen LogP contribution < -0.4 is 4.74 Å². The number of aliphatic hydroxyl groups excluding tert-OH is 3. The molecule has 6 N–H and O–H groups in total. The van der Waals surface area contributed by atoms with E-state index < -0.39 is 67.9 Å². The first-order chi connectivity index (χ1) is 24.0. The van der Waals surface area contributed by atoms with Crippen molar-refractivity contribution in [3.63, 3.8) is 0 Å². The lowest BCUT2D eigenvalue weighted by Gasteiger charge is -2.39. The maximum atomic E-state index is 12.7. The van der Waals surface area contributed by atoms with E-state index in [9.17, 15) is 49.8 Å². The molecule has 4 atom stereocenters. The molecule has 1 fully saturated rings. The van der Waals surface area contributed by atoms with Crippen LogP contribution in [0.25, 0.3) is 0 Å². The largest absolute Gasteiger partial charge is 0.494 e. The number of hydrogen-bond acceptors (Lipinski definition) is 13. The number of unbranched alkanes of at least 4 members (excludes halogenated alkanes) is 2. The van der Waals surface area contributed by atoms with Crippen LogP contribution in [0.2, 0.25) is 0 Å². The zero-order chi connectivity index (χ0) is 37.1. The molecule has 0 aliphatic carbocycles. The molecule has 284 valence electrons. The monoisotopic (exact) mass is 712 g/mol. The molecule has 0 saturated carbocycles. The number of carboxylic acid groups (broad SMARTS) is 3. The predicted molar refractivity (Wildman–Crippen MR) is 182 cm³/mol. The van der Waals surface area contributed by atoms with Gasteiger partial charge < -0.3 is 40.1 Å². The zero-order valence-corrected chi connectivity index (χ0v) is 29.3. The number of aryl methyl sites for hydroxylation is 1. The summed E-state index contributed by atoms with van der Waals surface area (Å²) in [5, 5.41) is 59.9. The number of carbonyl (C=O) groups is 4. The second kappa shape index (κ2) is 23.2. The maximum absolute atomic E-state index is 12.7. The van der Waals surface area contributed by atoms with Crippen molar-refractivity contribution < 1.29 is 59.3 Å². The van der Waals surface area contributed by atoms with Crippen LogP contribution in [0.5, 0.6) is 5.75 Å². The fourth-order valence-electron chi connectivity index (χ4n) is 6.11. The molecule has 16 heteroatoms. The smallest absolute Gasteiger partial charge is 0.325 e. The number of nitrogens with zero attached hydrogens (tertiary/aromatic N) is 4. The van der Waals surface area contributed by atoms with Crippen molar-refractivity contribution >= 4 is 23.9 Å². The third-order valence-corrected chi connectivity index (χ3v) is 9.19. The van der Waals surface area contributed by atoms with Crippen molar-refractivity contribution in [1.29, 1.82) is 0 Å². The van der Waals surface area contributed by atoms with E-state index in [-0.39, 0.29) is 52.4 Å². The molecule has 1 aliphatic heterocycles. The van der Waals surface area contributed by atoms with E-state index in [2.05, 4.69) is 6.92 Å². The quantitative estimate of drug-likeness (QED) is 0.0753. The highest BCUT2D eigenvalue weighted by molar-refractivity contribution is 5.76. The summed E-state index contributed by atoms with van der Waals surface area (Å²) < 4.78 is 10.6. The summed E-state index contributed by atoms with van der Waals surface area (Å²) in [4.78, 5) is 55.6. The SMILES string of the molecule is CCCCOc1ccc(CCCC[C@@H](C(=O)O)N2CCN([C@@H](CO)C(=O)O)CCN([C@@H](CO)C(=O)O)CCN([C@@H](CO)C(=O)OC)CC2)cc1. The number of hydrogen-bond donors (Lipinski definition) is 6. The van der Waals surface area contributed by atoms with Gasteiger partial charge in [-0.05, 0) is 43.4 Å². The van der Waals surface area contributed by atoms with Gasteiger partial charge in [0.15, 0.2) is 0 Å². The van der Waals surface area contributed by atoms with Gasteiger partial charge >= 0.3 is 23.9 Å². The second-order valence-electron chi connectivity index (χ2n) is 12.4. The summed E-state index contributed by atoms with van der Waals surface area (Å²) in [5.74, 6) is -3.57. The number of rotatable bonds is 20. The molecular weight excluding hydrogens is 656 g/mol. The summed E-state index contributed by atoms with van der Waals surface area (Å²) in [7, 11) is 1.18. The molecule has 0 amide bonds.